The maximum absolute atomic E-state index is 14.3. The fourth-order valence-electron chi connectivity index (χ4n) is 13.0. The molecule has 9 rings (SSSR count). The van der Waals surface area contributed by atoms with Crippen LogP contribution in [0.4, 0.5) is 0 Å². The van der Waals surface area contributed by atoms with Gasteiger partial charge in [-0.3, -0.25) is 9.59 Å². The second kappa shape index (κ2) is 29.1. The lowest BCUT2D eigenvalue weighted by Crippen LogP contribution is -2.58. The molecule has 470 valence electrons. The Morgan fingerprint density at radius 1 is 0.859 bits per heavy atom. The summed E-state index contributed by atoms with van der Waals surface area (Å²) in [4.78, 5) is 26.3. The maximum atomic E-state index is 14.3. The van der Waals surface area contributed by atoms with Gasteiger partial charge in [0, 0.05) is 65.9 Å². The normalized spacial score (nSPS) is 39.0. The molecule has 0 aromatic heterocycles. The molecule has 18 heteroatoms. The molecule has 0 saturated carbocycles. The van der Waals surface area contributed by atoms with Crippen LogP contribution in [0.15, 0.2) is 102 Å². The Bertz CT molecular complexity index is 2740. The van der Waals surface area contributed by atoms with Crippen LogP contribution >= 0.6 is 0 Å². The van der Waals surface area contributed by atoms with E-state index in [1.165, 1.54) is 7.11 Å². The van der Waals surface area contributed by atoms with Crippen LogP contribution in [0.3, 0.4) is 0 Å². The third-order valence-electron chi connectivity index (χ3n) is 18.3. The lowest BCUT2D eigenvalue weighted by molar-refractivity contribution is -0.318. The van der Waals surface area contributed by atoms with Crippen molar-refractivity contribution in [1.29, 1.82) is 0 Å². The van der Waals surface area contributed by atoms with Gasteiger partial charge in [0.05, 0.1) is 49.3 Å². The molecule has 2 aromatic rings. The first-order valence-corrected chi connectivity index (χ1v) is 30.4. The van der Waals surface area contributed by atoms with E-state index < -0.39 is 96.9 Å². The molecule has 4 fully saturated rings. The summed E-state index contributed by atoms with van der Waals surface area (Å²) in [5, 5.41) is 36.9. The Labute approximate surface area is 503 Å². The van der Waals surface area contributed by atoms with E-state index in [2.05, 4.69) is 51.2 Å². The minimum Gasteiger partial charge on any atom is -0.489 e. The summed E-state index contributed by atoms with van der Waals surface area (Å²) in [6.07, 6.45) is 7.91. The molecule has 18 nitrogen and oxygen atoms in total. The van der Waals surface area contributed by atoms with E-state index in [4.69, 9.17) is 56.8 Å². The van der Waals surface area contributed by atoms with Crippen molar-refractivity contribution in [1.82, 2.24) is 5.32 Å². The highest BCUT2D eigenvalue weighted by atomic mass is 16.7. The van der Waals surface area contributed by atoms with Crippen molar-refractivity contribution in [2.24, 2.45) is 23.7 Å². The van der Waals surface area contributed by atoms with Gasteiger partial charge >= 0.3 is 5.97 Å². The van der Waals surface area contributed by atoms with Gasteiger partial charge in [0.15, 0.2) is 24.5 Å². The second-order valence-corrected chi connectivity index (χ2v) is 24.4. The molecule has 2 aromatic carbocycles. The number of carbonyl (C=O) groups excluding carboxylic acids is 2. The Morgan fingerprint density at radius 3 is 2.29 bits per heavy atom. The molecule has 1 aliphatic carbocycles. The van der Waals surface area contributed by atoms with Crippen LogP contribution in [0.5, 0.6) is 5.75 Å². The highest BCUT2D eigenvalue weighted by Crippen LogP contribution is 2.47. The number of likely N-dealkylation sites (N-methyl/N-ethyl adjacent to an activating group) is 1. The van der Waals surface area contributed by atoms with Crippen LogP contribution in [-0.4, -0.2) is 159 Å². The summed E-state index contributed by atoms with van der Waals surface area (Å²) in [6, 6.07) is 13.8. The molecule has 4 saturated heterocycles. The highest BCUT2D eigenvalue weighted by molar-refractivity contribution is 5.82. The minimum absolute atomic E-state index is 0.0317. The molecule has 2 bridgehead atoms. The fraction of sp³-hybridized carbons (Fsp3) is 0.642. The van der Waals surface area contributed by atoms with E-state index >= 15 is 0 Å². The molecule has 4 N–H and O–H groups in total. The Kier molecular flexibility index (Phi) is 22.7. The number of aliphatic hydroxyl groups excluding tert-OH is 2. The summed E-state index contributed by atoms with van der Waals surface area (Å²) in [5.74, 6) is -1.88. The zero-order valence-electron chi connectivity index (χ0n) is 52.3. The first-order valence-electron chi connectivity index (χ1n) is 30.4. The first kappa shape index (κ1) is 66.3. The number of ether oxygens (including phenoxy) is 12. The van der Waals surface area contributed by atoms with Gasteiger partial charge in [-0.25, -0.2) is 0 Å². The standard InChI is InChI=1S/C48H72O14.C19H23NO3/c1-11-25(2)43-28(5)17-18-47(62-43)23-34-20-33(61-47)16-15-27(4)42(26(3)13-12-14-32-24-55-45-40(49)29(6)19-35(46(51)58-34)48(32,45)52)59-39-22-37(54-10)44(31(8)57-39)60-38-21-36(53-9)41(50)30(7)56-38;1-13-9-10-14(2)17(11-13)23-12-15-7-5-6-8-16(15)18(22-4)19(21)20-3/h12-15,17-19,25-26,28,30-31,33-45,49-50,52H,11,16,20-24H2,1-10H3;5-11,18H,12H2,1-4H3,(H,20,21)/b13-12+,27-15+,32-14+;/t25-,26-,28-,30-,31-,33+,34-,35-,36-,37-,38-,39-,40+,41-,42-,43+,44-,45+,47+,48+;/m0./s1. The number of methoxy groups -OCH3 is 3. The quantitative estimate of drug-likeness (QED) is 0.103. The predicted octanol–water partition coefficient (Wildman–Crippen LogP) is 8.69. The van der Waals surface area contributed by atoms with E-state index in [9.17, 15) is 24.9 Å². The number of carbonyl (C=O) groups is 2. The van der Waals surface area contributed by atoms with Crippen LogP contribution in [-0.2, 0) is 68.3 Å². The first-order chi connectivity index (χ1) is 40.6. The topological polar surface area (TPSA) is 218 Å². The number of nitrogens with one attached hydrogen (secondary N) is 1. The van der Waals surface area contributed by atoms with Gasteiger partial charge in [-0.15, -0.1) is 0 Å². The number of benzene rings is 2. The van der Waals surface area contributed by atoms with Crippen LogP contribution < -0.4 is 10.1 Å². The van der Waals surface area contributed by atoms with Gasteiger partial charge < -0.3 is 77.5 Å². The third-order valence-corrected chi connectivity index (χ3v) is 18.3. The summed E-state index contributed by atoms with van der Waals surface area (Å²) >= 11 is 0. The van der Waals surface area contributed by atoms with Crippen LogP contribution in [0, 0.1) is 37.5 Å². The number of rotatable bonds is 14. The molecule has 0 radical (unpaired) electrons. The van der Waals surface area contributed by atoms with Crippen molar-refractivity contribution in [2.75, 3.05) is 35.0 Å². The number of aliphatic hydroxyl groups is 3. The zero-order valence-corrected chi connectivity index (χ0v) is 52.3. The van der Waals surface area contributed by atoms with Crippen LogP contribution in [0.1, 0.15) is 122 Å². The number of amides is 1. The SMILES string of the molecule is CC[C@H](C)[C@H]1O[C@]2(C=C[C@@H]1C)C[C@@H]1C[C@@H](C/C=C(\C)[C@@H](O[C@H]3C[C@H](OC)[C@@H](O[C@H]4C[C@H](OC)[C@@H](O)[C@H](C)O4)[C@H](C)O3)[C@@H](C)/C=C/C=C3\CO[C@@H]4[C@H](O)C(C)=C[C@@H](C(=O)O1)[C@]34O)O2.CNC(=O)C(OC)c1ccccc1COc1cc(C)ccc1C. The molecule has 1 spiro atoms. The number of allylic oxidation sites excluding steroid dienone is 2. The van der Waals surface area contributed by atoms with Crippen LogP contribution in [0.25, 0.3) is 0 Å². The molecule has 1 unspecified atom stereocenters. The average Bonchev–Trinajstić information content (AvgIpc) is 2.17. The lowest BCUT2D eigenvalue weighted by atomic mass is 9.71. The molecule has 6 aliphatic heterocycles. The molecule has 21 atom stereocenters. The summed E-state index contributed by atoms with van der Waals surface area (Å²) < 4.78 is 75.0. The molecular weight excluding hydrogens is 1090 g/mol. The highest BCUT2D eigenvalue weighted by Gasteiger charge is 2.60. The minimum atomic E-state index is -1.84. The fourth-order valence-corrected chi connectivity index (χ4v) is 13.0. The van der Waals surface area contributed by atoms with E-state index in [0.29, 0.717) is 49.9 Å². The van der Waals surface area contributed by atoms with Gasteiger partial charge in [0.1, 0.15) is 54.4 Å². The van der Waals surface area contributed by atoms with Crippen molar-refractivity contribution in [3.63, 3.8) is 0 Å². The molecule has 7 aliphatic rings. The average molecular weight is 1190 g/mol. The van der Waals surface area contributed by atoms with Gasteiger partial charge in [0.2, 0.25) is 0 Å². The zero-order chi connectivity index (χ0) is 61.5. The van der Waals surface area contributed by atoms with Gasteiger partial charge in [-0.1, -0.05) is 107 Å². The van der Waals surface area contributed by atoms with Crippen LogP contribution in [0.2, 0.25) is 0 Å². The van der Waals surface area contributed by atoms with Crippen molar-refractivity contribution < 1.29 is 81.8 Å². The number of hydrogen-bond acceptors (Lipinski definition) is 17. The van der Waals surface area contributed by atoms with Crippen molar-refractivity contribution in [2.45, 2.75) is 218 Å². The smallest absolute Gasteiger partial charge is 0.316 e. The number of aryl methyl sites for hydroxylation is 2. The Balaban J connectivity index is 0.000000342. The van der Waals surface area contributed by atoms with Crippen molar-refractivity contribution in [3.8, 4) is 5.75 Å². The number of esters is 1. The van der Waals surface area contributed by atoms with Gasteiger partial charge in [-0.05, 0) is 105 Å². The van der Waals surface area contributed by atoms with E-state index in [1.54, 1.807) is 47.3 Å². The molecule has 6 heterocycles. The summed E-state index contributed by atoms with van der Waals surface area (Å²) in [7, 11) is 6.35. The van der Waals surface area contributed by atoms with Gasteiger partial charge in [-0.2, -0.15) is 0 Å². The number of fused-ring (bicyclic) bond motifs is 2. The lowest BCUT2D eigenvalue weighted by Gasteiger charge is -2.48. The molecular formula is C67H95NO17. The third kappa shape index (κ3) is 15.1. The second-order valence-electron chi connectivity index (χ2n) is 24.4. The van der Waals surface area contributed by atoms with Crippen molar-refractivity contribution >= 4 is 11.9 Å². The number of hydrogen-bond donors (Lipinski definition) is 4. The van der Waals surface area contributed by atoms with E-state index in [-0.39, 0.29) is 48.6 Å². The predicted molar refractivity (Wildman–Crippen MR) is 318 cm³/mol. The monoisotopic (exact) mass is 1190 g/mol. The Morgan fingerprint density at radius 2 is 1.58 bits per heavy atom. The molecule has 85 heavy (non-hydrogen) atoms. The van der Waals surface area contributed by atoms with Crippen molar-refractivity contribution in [3.05, 3.63) is 124 Å². The van der Waals surface area contributed by atoms with E-state index in [0.717, 1.165) is 40.0 Å². The summed E-state index contributed by atoms with van der Waals surface area (Å²) in [5.41, 5.74) is 4.12. The Hall–Kier alpha value is -4.64. The maximum Gasteiger partial charge on any atom is 0.316 e. The van der Waals surface area contributed by atoms with E-state index in [1.807, 2.05) is 82.3 Å². The van der Waals surface area contributed by atoms with Gasteiger partial charge in [0.25, 0.3) is 5.91 Å². The summed E-state index contributed by atoms with van der Waals surface area (Å²) in [6.45, 7) is 20.5. The largest absolute Gasteiger partial charge is 0.489 e. The molecule has 1 amide bonds.